The molecule has 0 fully saturated rings. The van der Waals surface area contributed by atoms with E-state index >= 15 is 0 Å². The van der Waals surface area contributed by atoms with E-state index in [0.717, 1.165) is 16.7 Å². The van der Waals surface area contributed by atoms with Crippen LogP contribution in [0, 0.1) is 0 Å². The van der Waals surface area contributed by atoms with E-state index in [-0.39, 0.29) is 5.91 Å². The van der Waals surface area contributed by atoms with Gasteiger partial charge in [-0.15, -0.1) is 13.2 Å². The molecule has 3 rings (SSSR count). The summed E-state index contributed by atoms with van der Waals surface area (Å²) in [7, 11) is 0. The van der Waals surface area contributed by atoms with Gasteiger partial charge in [0, 0.05) is 5.56 Å². The van der Waals surface area contributed by atoms with E-state index < -0.39 is 5.54 Å². The predicted molar refractivity (Wildman–Crippen MR) is 117 cm³/mol. The molecule has 0 aliphatic rings. The second kappa shape index (κ2) is 9.01. The molecular formula is C26H25NO. The Bertz CT molecular complexity index is 917. The maximum Gasteiger partial charge on any atom is 0.251 e. The molecule has 0 bridgehead atoms. The number of hydrogen-bond acceptors (Lipinski definition) is 1. The Morgan fingerprint density at radius 2 is 1.25 bits per heavy atom. The minimum atomic E-state index is -0.556. The van der Waals surface area contributed by atoms with Gasteiger partial charge in [0.15, 0.2) is 0 Å². The lowest BCUT2D eigenvalue weighted by molar-refractivity contribution is 0.0897. The molecule has 0 atom stereocenters. The van der Waals surface area contributed by atoms with Gasteiger partial charge in [0.1, 0.15) is 0 Å². The van der Waals surface area contributed by atoms with Gasteiger partial charge in [-0.3, -0.25) is 4.79 Å². The quantitative estimate of drug-likeness (QED) is 0.477. The highest BCUT2D eigenvalue weighted by Crippen LogP contribution is 2.30. The topological polar surface area (TPSA) is 29.1 Å². The van der Waals surface area contributed by atoms with Crippen molar-refractivity contribution < 1.29 is 4.79 Å². The van der Waals surface area contributed by atoms with Crippen LogP contribution in [0.3, 0.4) is 0 Å². The molecule has 0 saturated heterocycles. The molecule has 1 amide bonds. The van der Waals surface area contributed by atoms with Crippen molar-refractivity contribution in [3.05, 3.63) is 121 Å². The molecule has 0 heterocycles. The van der Waals surface area contributed by atoms with Crippen LogP contribution in [-0.2, 0) is 5.54 Å². The molecule has 2 nitrogen and oxygen atoms in total. The zero-order valence-corrected chi connectivity index (χ0v) is 16.0. The molecule has 3 aromatic rings. The SMILES string of the molecule is C=CCC(CC=C)(NC(=O)c1ccc(-c2ccccc2)cc1)c1ccccc1. The molecule has 0 radical (unpaired) electrons. The van der Waals surface area contributed by atoms with Crippen molar-refractivity contribution in [1.29, 1.82) is 0 Å². The number of rotatable bonds is 8. The molecule has 140 valence electrons. The van der Waals surface area contributed by atoms with E-state index in [2.05, 4.69) is 30.6 Å². The Morgan fingerprint density at radius 3 is 1.79 bits per heavy atom. The van der Waals surface area contributed by atoms with E-state index in [9.17, 15) is 4.79 Å². The smallest absolute Gasteiger partial charge is 0.251 e. The summed E-state index contributed by atoms with van der Waals surface area (Å²) in [5.74, 6) is -0.104. The van der Waals surface area contributed by atoms with Crippen LogP contribution < -0.4 is 5.32 Å². The molecule has 0 aliphatic heterocycles. The first-order chi connectivity index (χ1) is 13.7. The summed E-state index contributed by atoms with van der Waals surface area (Å²) in [6, 6.07) is 27.8. The lowest BCUT2D eigenvalue weighted by Gasteiger charge is -2.34. The molecule has 2 heteroatoms. The standard InChI is InChI=1S/C26H25NO/c1-3-19-26(20-4-2,24-13-9-6-10-14-24)27-25(28)23-17-15-22(16-18-23)21-11-7-5-8-12-21/h3-18H,1-2,19-20H2,(H,27,28). The van der Waals surface area contributed by atoms with Gasteiger partial charge >= 0.3 is 0 Å². The summed E-state index contributed by atoms with van der Waals surface area (Å²) in [6.45, 7) is 7.79. The van der Waals surface area contributed by atoms with Crippen molar-refractivity contribution in [3.8, 4) is 11.1 Å². The van der Waals surface area contributed by atoms with E-state index in [4.69, 9.17) is 0 Å². The maximum absolute atomic E-state index is 13.1. The van der Waals surface area contributed by atoms with Gasteiger partial charge in [-0.1, -0.05) is 84.9 Å². The zero-order valence-electron chi connectivity index (χ0n) is 16.0. The van der Waals surface area contributed by atoms with Crippen LogP contribution in [0.2, 0.25) is 0 Å². The average Bonchev–Trinajstić information content (AvgIpc) is 2.75. The highest BCUT2D eigenvalue weighted by atomic mass is 16.1. The van der Waals surface area contributed by atoms with E-state index in [1.165, 1.54) is 0 Å². The fraction of sp³-hybridized carbons (Fsp3) is 0.115. The number of hydrogen-bond donors (Lipinski definition) is 1. The fourth-order valence-electron chi connectivity index (χ4n) is 3.48. The normalized spacial score (nSPS) is 10.9. The summed E-state index contributed by atoms with van der Waals surface area (Å²) in [5.41, 5.74) is 3.34. The lowest BCUT2D eigenvalue weighted by Crippen LogP contribution is -2.45. The Hall–Kier alpha value is -3.39. The third-order valence-corrected chi connectivity index (χ3v) is 4.92. The van der Waals surface area contributed by atoms with Crippen LogP contribution in [0.4, 0.5) is 0 Å². The lowest BCUT2D eigenvalue weighted by atomic mass is 9.83. The number of carbonyl (C=O) groups excluding carboxylic acids is 1. The van der Waals surface area contributed by atoms with Gasteiger partial charge in [-0.05, 0) is 41.7 Å². The fourth-order valence-corrected chi connectivity index (χ4v) is 3.48. The van der Waals surface area contributed by atoms with Crippen LogP contribution >= 0.6 is 0 Å². The molecule has 1 N–H and O–H groups in total. The third-order valence-electron chi connectivity index (χ3n) is 4.92. The number of amides is 1. The van der Waals surface area contributed by atoms with Crippen LogP contribution in [0.25, 0.3) is 11.1 Å². The minimum absolute atomic E-state index is 0.104. The highest BCUT2D eigenvalue weighted by Gasteiger charge is 2.31. The third kappa shape index (κ3) is 4.29. The Kier molecular flexibility index (Phi) is 6.23. The molecule has 28 heavy (non-hydrogen) atoms. The first-order valence-corrected chi connectivity index (χ1v) is 9.44. The van der Waals surface area contributed by atoms with Gasteiger partial charge < -0.3 is 5.32 Å². The van der Waals surface area contributed by atoms with Gasteiger partial charge in [0.2, 0.25) is 0 Å². The number of carbonyl (C=O) groups is 1. The zero-order chi connectivity index (χ0) is 19.8. The molecular weight excluding hydrogens is 342 g/mol. The van der Waals surface area contributed by atoms with Gasteiger partial charge in [0.05, 0.1) is 5.54 Å². The number of benzene rings is 3. The Labute approximate surface area is 167 Å². The van der Waals surface area contributed by atoms with Gasteiger partial charge in [-0.2, -0.15) is 0 Å². The summed E-state index contributed by atoms with van der Waals surface area (Å²) in [5, 5.41) is 3.24. The Morgan fingerprint density at radius 1 is 0.750 bits per heavy atom. The Balaban J connectivity index is 1.87. The first kappa shape index (κ1) is 19.4. The largest absolute Gasteiger partial charge is 0.342 e. The highest BCUT2D eigenvalue weighted by molar-refractivity contribution is 5.95. The van der Waals surface area contributed by atoms with Crippen molar-refractivity contribution in [1.82, 2.24) is 5.32 Å². The van der Waals surface area contributed by atoms with Crippen LogP contribution in [0.15, 0.2) is 110 Å². The van der Waals surface area contributed by atoms with Crippen LogP contribution in [-0.4, -0.2) is 5.91 Å². The molecule has 0 saturated carbocycles. The van der Waals surface area contributed by atoms with E-state index in [1.54, 1.807) is 0 Å². The second-order valence-electron chi connectivity index (χ2n) is 6.83. The van der Waals surface area contributed by atoms with Crippen molar-refractivity contribution in [3.63, 3.8) is 0 Å². The molecule has 0 aromatic heterocycles. The molecule has 3 aromatic carbocycles. The van der Waals surface area contributed by atoms with Crippen LogP contribution in [0.1, 0.15) is 28.8 Å². The van der Waals surface area contributed by atoms with Gasteiger partial charge in [-0.25, -0.2) is 0 Å². The van der Waals surface area contributed by atoms with Crippen molar-refractivity contribution in [2.75, 3.05) is 0 Å². The van der Waals surface area contributed by atoms with Crippen molar-refractivity contribution in [2.45, 2.75) is 18.4 Å². The minimum Gasteiger partial charge on any atom is -0.342 e. The monoisotopic (exact) mass is 367 g/mol. The summed E-state index contributed by atoms with van der Waals surface area (Å²) >= 11 is 0. The van der Waals surface area contributed by atoms with Gasteiger partial charge in [0.25, 0.3) is 5.91 Å². The molecule has 0 unspecified atom stereocenters. The van der Waals surface area contributed by atoms with Crippen LogP contribution in [0.5, 0.6) is 0 Å². The summed E-state index contributed by atoms with van der Waals surface area (Å²) in [4.78, 5) is 13.1. The average molecular weight is 367 g/mol. The van der Waals surface area contributed by atoms with Crippen molar-refractivity contribution >= 4 is 5.91 Å². The second-order valence-corrected chi connectivity index (χ2v) is 6.83. The first-order valence-electron chi connectivity index (χ1n) is 9.44. The summed E-state index contributed by atoms with van der Waals surface area (Å²) < 4.78 is 0. The molecule has 0 spiro atoms. The van der Waals surface area contributed by atoms with E-state index in [0.29, 0.717) is 18.4 Å². The molecule has 0 aliphatic carbocycles. The maximum atomic E-state index is 13.1. The van der Waals surface area contributed by atoms with E-state index in [1.807, 2.05) is 84.9 Å². The van der Waals surface area contributed by atoms with Crippen molar-refractivity contribution in [2.24, 2.45) is 0 Å². The predicted octanol–water partition coefficient (Wildman–Crippen LogP) is 6.13. The summed E-state index contributed by atoms with van der Waals surface area (Å²) in [6.07, 6.45) is 4.93. The number of nitrogens with one attached hydrogen (secondary N) is 1.